The van der Waals surface area contributed by atoms with Gasteiger partial charge in [-0.2, -0.15) is 0 Å². The Labute approximate surface area is 148 Å². The first-order valence-electron chi connectivity index (χ1n) is 8.30. The van der Waals surface area contributed by atoms with Crippen molar-refractivity contribution in [2.75, 3.05) is 18.1 Å². The fourth-order valence-corrected chi connectivity index (χ4v) is 2.43. The number of rotatable bonds is 7. The van der Waals surface area contributed by atoms with Crippen molar-refractivity contribution in [2.45, 2.75) is 26.8 Å². The molecule has 0 radical (unpaired) electrons. The van der Waals surface area contributed by atoms with Gasteiger partial charge in [-0.15, -0.1) is 0 Å². The van der Waals surface area contributed by atoms with Crippen molar-refractivity contribution in [1.82, 2.24) is 0 Å². The van der Waals surface area contributed by atoms with E-state index in [1.54, 1.807) is 36.1 Å². The first-order chi connectivity index (χ1) is 12.0. The van der Waals surface area contributed by atoms with Crippen molar-refractivity contribution >= 4 is 17.6 Å². The van der Waals surface area contributed by atoms with Gasteiger partial charge < -0.3 is 14.4 Å². The second-order valence-corrected chi connectivity index (χ2v) is 5.73. The average Bonchev–Trinajstić information content (AvgIpc) is 2.61. The highest BCUT2D eigenvalue weighted by Gasteiger charge is 2.19. The summed E-state index contributed by atoms with van der Waals surface area (Å²) in [7, 11) is 0. The van der Waals surface area contributed by atoms with Gasteiger partial charge in [-0.05, 0) is 57.2 Å². The molecule has 0 heterocycles. The molecule has 0 fully saturated rings. The van der Waals surface area contributed by atoms with Gasteiger partial charge in [0.1, 0.15) is 5.75 Å². The van der Waals surface area contributed by atoms with Gasteiger partial charge in [0.15, 0.2) is 6.61 Å². The van der Waals surface area contributed by atoms with Crippen LogP contribution in [-0.4, -0.2) is 31.1 Å². The number of amides is 1. The Morgan fingerprint density at radius 1 is 1.00 bits per heavy atom. The predicted molar refractivity (Wildman–Crippen MR) is 97.0 cm³/mol. The van der Waals surface area contributed by atoms with Crippen LogP contribution < -0.4 is 9.64 Å². The van der Waals surface area contributed by atoms with Crippen molar-refractivity contribution in [1.29, 1.82) is 0 Å². The zero-order valence-corrected chi connectivity index (χ0v) is 14.8. The normalized spacial score (nSPS) is 10.4. The number of para-hydroxylation sites is 1. The molecule has 25 heavy (non-hydrogen) atoms. The summed E-state index contributed by atoms with van der Waals surface area (Å²) in [5.41, 5.74) is 1.29. The molecule has 0 bridgehead atoms. The van der Waals surface area contributed by atoms with Gasteiger partial charge in [-0.1, -0.05) is 18.2 Å². The maximum Gasteiger partial charge on any atom is 0.338 e. The molecule has 0 spiro atoms. The minimum atomic E-state index is -0.375. The van der Waals surface area contributed by atoms with Gasteiger partial charge in [0.05, 0.1) is 12.2 Å². The molecule has 0 aliphatic rings. The summed E-state index contributed by atoms with van der Waals surface area (Å²) in [6.45, 7) is 5.92. The molecular weight excluding hydrogens is 318 g/mol. The van der Waals surface area contributed by atoms with Crippen LogP contribution in [0.25, 0.3) is 0 Å². The van der Waals surface area contributed by atoms with E-state index in [-0.39, 0.29) is 24.5 Å². The number of carbonyl (C=O) groups excluding carboxylic acids is 2. The topological polar surface area (TPSA) is 55.8 Å². The van der Waals surface area contributed by atoms with Crippen LogP contribution in [0.5, 0.6) is 5.75 Å². The summed E-state index contributed by atoms with van der Waals surface area (Å²) in [5.74, 6) is 0.0222. The third kappa shape index (κ3) is 5.08. The van der Waals surface area contributed by atoms with Gasteiger partial charge in [0, 0.05) is 11.7 Å². The molecule has 2 rings (SSSR count). The Morgan fingerprint density at radius 3 is 2.20 bits per heavy atom. The maximum absolute atomic E-state index is 12.5. The molecule has 0 aromatic heterocycles. The number of ether oxygens (including phenoxy) is 2. The lowest BCUT2D eigenvalue weighted by molar-refractivity contribution is -0.120. The number of nitrogens with zero attached hydrogens (tertiary/aromatic N) is 1. The molecule has 1 amide bonds. The van der Waals surface area contributed by atoms with Crippen LogP contribution in [0.4, 0.5) is 5.69 Å². The molecule has 0 N–H and O–H groups in total. The van der Waals surface area contributed by atoms with Crippen LogP contribution in [0.1, 0.15) is 31.1 Å². The lowest BCUT2D eigenvalue weighted by Gasteiger charge is -2.26. The highest BCUT2D eigenvalue weighted by Crippen LogP contribution is 2.18. The largest absolute Gasteiger partial charge is 0.484 e. The Hall–Kier alpha value is -2.82. The fraction of sp³-hybridized carbons (Fsp3) is 0.300. The first-order valence-corrected chi connectivity index (χ1v) is 8.30. The van der Waals surface area contributed by atoms with E-state index in [4.69, 9.17) is 9.47 Å². The number of esters is 1. The molecule has 2 aromatic rings. The summed E-state index contributed by atoms with van der Waals surface area (Å²) in [4.78, 5) is 25.9. The van der Waals surface area contributed by atoms with Crippen molar-refractivity contribution < 1.29 is 19.1 Å². The van der Waals surface area contributed by atoms with Crippen LogP contribution in [-0.2, 0) is 9.53 Å². The van der Waals surface area contributed by atoms with Gasteiger partial charge >= 0.3 is 5.97 Å². The second kappa shape index (κ2) is 8.87. The van der Waals surface area contributed by atoms with E-state index in [9.17, 15) is 9.59 Å². The monoisotopic (exact) mass is 341 g/mol. The minimum absolute atomic E-state index is 0.0182. The van der Waals surface area contributed by atoms with Gasteiger partial charge in [0.2, 0.25) is 0 Å². The highest BCUT2D eigenvalue weighted by molar-refractivity contribution is 5.95. The third-order valence-electron chi connectivity index (χ3n) is 3.55. The zero-order valence-electron chi connectivity index (χ0n) is 14.8. The van der Waals surface area contributed by atoms with Crippen molar-refractivity contribution in [3.05, 3.63) is 60.2 Å². The number of anilines is 1. The summed E-state index contributed by atoms with van der Waals surface area (Å²) in [5, 5.41) is 0. The Bertz CT molecular complexity index is 695. The molecule has 0 aliphatic carbocycles. The number of carbonyl (C=O) groups is 2. The highest BCUT2D eigenvalue weighted by atomic mass is 16.5. The molecule has 5 heteroatoms. The minimum Gasteiger partial charge on any atom is -0.484 e. The molecular formula is C20H23NO4. The lowest BCUT2D eigenvalue weighted by Crippen LogP contribution is -2.40. The zero-order chi connectivity index (χ0) is 18.2. The van der Waals surface area contributed by atoms with E-state index in [0.29, 0.717) is 17.9 Å². The third-order valence-corrected chi connectivity index (χ3v) is 3.55. The van der Waals surface area contributed by atoms with Gasteiger partial charge in [-0.3, -0.25) is 4.79 Å². The van der Waals surface area contributed by atoms with Crippen molar-refractivity contribution in [3.8, 4) is 5.75 Å². The lowest BCUT2D eigenvalue weighted by atomic mass is 10.2. The molecule has 0 saturated heterocycles. The quantitative estimate of drug-likeness (QED) is 0.721. The Balaban J connectivity index is 1.99. The average molecular weight is 341 g/mol. The predicted octanol–water partition coefficient (Wildman–Crippen LogP) is 3.68. The second-order valence-electron chi connectivity index (χ2n) is 5.73. The maximum atomic E-state index is 12.5. The number of hydrogen-bond donors (Lipinski definition) is 0. The molecule has 0 aliphatic heterocycles. The van der Waals surface area contributed by atoms with E-state index in [0.717, 1.165) is 5.69 Å². The van der Waals surface area contributed by atoms with Crippen LogP contribution in [0.15, 0.2) is 54.6 Å². The van der Waals surface area contributed by atoms with E-state index in [2.05, 4.69) is 0 Å². The molecule has 0 unspecified atom stereocenters. The summed E-state index contributed by atoms with van der Waals surface area (Å²) in [6, 6.07) is 16.1. The van der Waals surface area contributed by atoms with E-state index < -0.39 is 0 Å². The van der Waals surface area contributed by atoms with Gasteiger partial charge in [0.25, 0.3) is 5.91 Å². The van der Waals surface area contributed by atoms with Crippen LogP contribution >= 0.6 is 0 Å². The molecule has 132 valence electrons. The van der Waals surface area contributed by atoms with E-state index >= 15 is 0 Å². The SMILES string of the molecule is CCOC(=O)c1ccc(OCC(=O)N(c2ccccc2)C(C)C)cc1. The summed E-state index contributed by atoms with van der Waals surface area (Å²) < 4.78 is 10.5. The summed E-state index contributed by atoms with van der Waals surface area (Å²) in [6.07, 6.45) is 0. The standard InChI is InChI=1S/C20H23NO4/c1-4-24-20(23)16-10-12-18(13-11-16)25-14-19(22)21(15(2)3)17-8-6-5-7-9-17/h5-13,15H,4,14H2,1-3H3. The van der Waals surface area contributed by atoms with Crippen molar-refractivity contribution in [2.24, 2.45) is 0 Å². The van der Waals surface area contributed by atoms with Crippen molar-refractivity contribution in [3.63, 3.8) is 0 Å². The Morgan fingerprint density at radius 2 is 1.64 bits per heavy atom. The molecule has 0 atom stereocenters. The number of hydrogen-bond acceptors (Lipinski definition) is 4. The molecule has 5 nitrogen and oxygen atoms in total. The molecule has 2 aromatic carbocycles. The fourth-order valence-electron chi connectivity index (χ4n) is 2.43. The molecule has 0 saturated carbocycles. The summed E-state index contributed by atoms with van der Waals surface area (Å²) >= 11 is 0. The Kier molecular flexibility index (Phi) is 6.57. The number of benzene rings is 2. The van der Waals surface area contributed by atoms with Crippen LogP contribution in [0, 0.1) is 0 Å². The van der Waals surface area contributed by atoms with E-state index in [1.165, 1.54) is 0 Å². The van der Waals surface area contributed by atoms with Gasteiger partial charge in [-0.25, -0.2) is 4.79 Å². The smallest absolute Gasteiger partial charge is 0.338 e. The van der Waals surface area contributed by atoms with Crippen LogP contribution in [0.2, 0.25) is 0 Å². The van der Waals surface area contributed by atoms with Crippen LogP contribution in [0.3, 0.4) is 0 Å². The van der Waals surface area contributed by atoms with E-state index in [1.807, 2.05) is 44.2 Å². The first kappa shape index (κ1) is 18.5.